The number of carbonyl (C=O) groups excluding carboxylic acids is 1. The highest BCUT2D eigenvalue weighted by atomic mass is 35.5. The lowest BCUT2D eigenvalue weighted by molar-refractivity contribution is 0.108. The number of fused-ring (bicyclic) bond motifs is 4. The number of carbonyl (C=O) groups is 1. The van der Waals surface area contributed by atoms with Gasteiger partial charge in [0.05, 0.1) is 17.0 Å². The van der Waals surface area contributed by atoms with Crippen LogP contribution in [0.2, 0.25) is 5.02 Å². The quantitative estimate of drug-likeness (QED) is 0.358. The molecule has 0 N–H and O–H groups in total. The molecule has 6 rings (SSSR count). The molecule has 0 saturated heterocycles. The van der Waals surface area contributed by atoms with E-state index >= 15 is 0 Å². The van der Waals surface area contributed by atoms with Crippen LogP contribution in [0.1, 0.15) is 91.1 Å². The Hall–Kier alpha value is -2.37. The maximum absolute atomic E-state index is 14.5. The van der Waals surface area contributed by atoms with Gasteiger partial charge in [0.1, 0.15) is 5.82 Å². The molecular formula is C30H31ClN2O2S. The number of thioether (sulfide) groups is 1. The number of halogens is 1. The third-order valence-corrected chi connectivity index (χ3v) is 9.59. The number of hydrogen-bond donors (Lipinski definition) is 0. The summed E-state index contributed by atoms with van der Waals surface area (Å²) in [6, 6.07) is 15.6. The van der Waals surface area contributed by atoms with Crippen molar-refractivity contribution in [1.29, 1.82) is 0 Å². The van der Waals surface area contributed by atoms with Crippen molar-refractivity contribution >= 4 is 28.5 Å². The van der Waals surface area contributed by atoms with Gasteiger partial charge in [-0.15, -0.1) is 0 Å². The maximum Gasteiger partial charge on any atom is 0.258 e. The number of aromatic nitrogens is 2. The van der Waals surface area contributed by atoms with Crippen LogP contribution in [0, 0.1) is 0 Å². The molecule has 0 atom stereocenters. The van der Waals surface area contributed by atoms with Crippen LogP contribution >= 0.6 is 23.4 Å². The number of benzene rings is 2. The van der Waals surface area contributed by atoms with Crippen molar-refractivity contribution in [2.45, 2.75) is 81.4 Å². The standard InChI is InChI=1S/C30H31ClN2O2S/c31-22-14-12-20(13-15-22)29(35)36-19-25-32-27-24-11-5-4-8-21(24)18-30(16-6-7-17-30)26(27)28(34)33(25)23-9-2-1-3-10-23/h4-5,8,11-15,23H,1-3,6-7,9-10,16-19H2. The van der Waals surface area contributed by atoms with Gasteiger partial charge in [-0.2, -0.15) is 0 Å². The Bertz CT molecular complexity index is 1350. The topological polar surface area (TPSA) is 52.0 Å². The molecule has 1 aromatic heterocycles. The van der Waals surface area contributed by atoms with E-state index in [0.29, 0.717) is 16.3 Å². The highest BCUT2D eigenvalue weighted by Gasteiger charge is 2.45. The van der Waals surface area contributed by atoms with Gasteiger partial charge in [0.2, 0.25) is 5.12 Å². The van der Waals surface area contributed by atoms with E-state index in [0.717, 1.165) is 80.4 Å². The fraction of sp³-hybridized carbons (Fsp3) is 0.433. The molecule has 6 heteroatoms. The molecule has 1 spiro atoms. The molecule has 0 amide bonds. The van der Waals surface area contributed by atoms with Crippen molar-refractivity contribution in [2.75, 3.05) is 0 Å². The van der Waals surface area contributed by atoms with Gasteiger partial charge >= 0.3 is 0 Å². The predicted molar refractivity (Wildman–Crippen MR) is 147 cm³/mol. The van der Waals surface area contributed by atoms with Crippen molar-refractivity contribution in [3.05, 3.63) is 86.4 Å². The molecule has 1 heterocycles. The van der Waals surface area contributed by atoms with E-state index in [1.807, 2.05) is 10.6 Å². The zero-order valence-electron chi connectivity index (χ0n) is 20.5. The van der Waals surface area contributed by atoms with E-state index in [1.165, 1.54) is 23.7 Å². The van der Waals surface area contributed by atoms with E-state index in [9.17, 15) is 9.59 Å². The lowest BCUT2D eigenvalue weighted by Gasteiger charge is -2.37. The van der Waals surface area contributed by atoms with Crippen LogP contribution in [0.15, 0.2) is 53.3 Å². The normalized spacial score (nSPS) is 18.7. The van der Waals surface area contributed by atoms with Gasteiger partial charge in [0.25, 0.3) is 5.56 Å². The van der Waals surface area contributed by atoms with E-state index in [2.05, 4.69) is 18.2 Å². The summed E-state index contributed by atoms with van der Waals surface area (Å²) in [6.45, 7) is 0. The molecule has 186 valence electrons. The van der Waals surface area contributed by atoms with Crippen molar-refractivity contribution in [3.63, 3.8) is 0 Å². The Morgan fingerprint density at radius 2 is 1.72 bits per heavy atom. The molecule has 2 saturated carbocycles. The van der Waals surface area contributed by atoms with Crippen LogP contribution in [0.5, 0.6) is 0 Å². The summed E-state index contributed by atoms with van der Waals surface area (Å²) in [5, 5.41) is 0.583. The van der Waals surface area contributed by atoms with Crippen molar-refractivity contribution in [1.82, 2.24) is 9.55 Å². The molecular weight excluding hydrogens is 488 g/mol. The van der Waals surface area contributed by atoms with Gasteiger partial charge in [-0.3, -0.25) is 14.2 Å². The average molecular weight is 519 g/mol. The van der Waals surface area contributed by atoms with Crippen LogP contribution < -0.4 is 5.56 Å². The monoisotopic (exact) mass is 518 g/mol. The molecule has 2 aromatic carbocycles. The highest BCUT2D eigenvalue weighted by molar-refractivity contribution is 8.13. The Balaban J connectivity index is 1.47. The average Bonchev–Trinajstić information content (AvgIpc) is 3.36. The van der Waals surface area contributed by atoms with Crippen LogP contribution in [0.4, 0.5) is 0 Å². The molecule has 3 aromatic rings. The van der Waals surface area contributed by atoms with Crippen LogP contribution in [-0.2, 0) is 17.6 Å². The third-order valence-electron chi connectivity index (χ3n) is 8.43. The molecule has 36 heavy (non-hydrogen) atoms. The second-order valence-electron chi connectivity index (χ2n) is 10.6. The summed E-state index contributed by atoms with van der Waals surface area (Å²) >= 11 is 7.23. The SMILES string of the molecule is O=C(SCc1nc2c(c(=O)n1C1CCCCC1)C1(CCCC1)Cc1ccccc1-2)c1ccc(Cl)cc1. The predicted octanol–water partition coefficient (Wildman–Crippen LogP) is 7.51. The fourth-order valence-corrected chi connectivity index (χ4v) is 7.60. The smallest absolute Gasteiger partial charge is 0.258 e. The summed E-state index contributed by atoms with van der Waals surface area (Å²) in [5.74, 6) is 1.12. The first-order chi connectivity index (χ1) is 17.6. The first-order valence-corrected chi connectivity index (χ1v) is 14.6. The van der Waals surface area contributed by atoms with Crippen LogP contribution in [0.3, 0.4) is 0 Å². The molecule has 0 unspecified atom stereocenters. The zero-order chi connectivity index (χ0) is 24.7. The second-order valence-corrected chi connectivity index (χ2v) is 12.0. The maximum atomic E-state index is 14.5. The molecule has 3 aliphatic rings. The van der Waals surface area contributed by atoms with Crippen molar-refractivity contribution < 1.29 is 4.79 Å². The lowest BCUT2D eigenvalue weighted by atomic mass is 9.68. The Morgan fingerprint density at radius 3 is 2.47 bits per heavy atom. The number of hydrogen-bond acceptors (Lipinski definition) is 4. The molecule has 3 aliphatic carbocycles. The minimum absolute atomic E-state index is 0.0264. The van der Waals surface area contributed by atoms with Gasteiger partial charge in [0, 0.05) is 27.6 Å². The summed E-state index contributed by atoms with van der Waals surface area (Å²) < 4.78 is 2.01. The van der Waals surface area contributed by atoms with Gasteiger partial charge in [0.15, 0.2) is 0 Å². The van der Waals surface area contributed by atoms with Crippen molar-refractivity contribution in [3.8, 4) is 11.3 Å². The summed E-state index contributed by atoms with van der Waals surface area (Å²) in [6.07, 6.45) is 10.9. The fourth-order valence-electron chi connectivity index (χ4n) is 6.70. The van der Waals surface area contributed by atoms with Crippen LogP contribution in [-0.4, -0.2) is 14.7 Å². The summed E-state index contributed by atoms with van der Waals surface area (Å²) in [4.78, 5) is 32.7. The largest absolute Gasteiger partial charge is 0.293 e. The Kier molecular flexibility index (Phi) is 6.55. The van der Waals surface area contributed by atoms with Gasteiger partial charge in [-0.05, 0) is 61.9 Å². The lowest BCUT2D eigenvalue weighted by Crippen LogP contribution is -2.42. The highest BCUT2D eigenvalue weighted by Crippen LogP contribution is 2.50. The zero-order valence-corrected chi connectivity index (χ0v) is 22.0. The van der Waals surface area contributed by atoms with Gasteiger partial charge in [-0.1, -0.05) is 79.7 Å². The minimum Gasteiger partial charge on any atom is -0.293 e. The Morgan fingerprint density at radius 1 is 1.00 bits per heavy atom. The first-order valence-electron chi connectivity index (χ1n) is 13.2. The molecule has 0 aliphatic heterocycles. The Labute approximate surface area is 221 Å². The van der Waals surface area contributed by atoms with Crippen LogP contribution in [0.25, 0.3) is 11.3 Å². The first kappa shape index (κ1) is 24.0. The van der Waals surface area contributed by atoms with E-state index in [4.69, 9.17) is 16.6 Å². The van der Waals surface area contributed by atoms with E-state index < -0.39 is 0 Å². The summed E-state index contributed by atoms with van der Waals surface area (Å²) in [5.41, 5.74) is 4.86. The molecule has 4 nitrogen and oxygen atoms in total. The number of rotatable bonds is 4. The molecule has 0 radical (unpaired) electrons. The number of nitrogens with zero attached hydrogens (tertiary/aromatic N) is 2. The van der Waals surface area contributed by atoms with Gasteiger partial charge in [-0.25, -0.2) is 4.98 Å². The molecule has 0 bridgehead atoms. The summed E-state index contributed by atoms with van der Waals surface area (Å²) in [7, 11) is 0. The molecule has 2 fully saturated rings. The van der Waals surface area contributed by atoms with E-state index in [1.54, 1.807) is 24.3 Å². The van der Waals surface area contributed by atoms with Crippen molar-refractivity contribution in [2.24, 2.45) is 0 Å². The van der Waals surface area contributed by atoms with Gasteiger partial charge < -0.3 is 0 Å². The van der Waals surface area contributed by atoms with E-state index in [-0.39, 0.29) is 22.1 Å². The second kappa shape index (κ2) is 9.83. The third kappa shape index (κ3) is 4.24. The minimum atomic E-state index is -0.102.